The number of ketones is 1. The fourth-order valence-corrected chi connectivity index (χ4v) is 2.87. The molecule has 0 spiro atoms. The SMILES string of the molecule is NCCCCCCC(=O)Cc1ccc2c(c1)CCC2. The number of carbonyl (C=O) groups excluding carboxylic acids is 1. The Labute approximate surface area is 116 Å². The van der Waals surface area contributed by atoms with Gasteiger partial charge in [0.1, 0.15) is 5.78 Å². The average molecular weight is 259 g/mol. The lowest BCUT2D eigenvalue weighted by Gasteiger charge is -2.05. The Bertz CT molecular complexity index is 425. The number of aryl methyl sites for hydroxylation is 2. The highest BCUT2D eigenvalue weighted by Crippen LogP contribution is 2.23. The minimum absolute atomic E-state index is 0.380. The maximum absolute atomic E-state index is 11.9. The number of hydrogen-bond acceptors (Lipinski definition) is 2. The van der Waals surface area contributed by atoms with Crippen LogP contribution in [0, 0.1) is 0 Å². The zero-order valence-corrected chi connectivity index (χ0v) is 11.8. The minimum Gasteiger partial charge on any atom is -0.330 e. The molecule has 0 saturated heterocycles. The summed E-state index contributed by atoms with van der Waals surface area (Å²) in [5.41, 5.74) is 9.60. The van der Waals surface area contributed by atoms with Gasteiger partial charge < -0.3 is 5.73 Å². The second-order valence-corrected chi connectivity index (χ2v) is 5.62. The van der Waals surface area contributed by atoms with Crippen molar-refractivity contribution in [3.8, 4) is 0 Å². The second-order valence-electron chi connectivity index (χ2n) is 5.62. The van der Waals surface area contributed by atoms with Crippen LogP contribution >= 0.6 is 0 Å². The third-order valence-corrected chi connectivity index (χ3v) is 3.97. The Hall–Kier alpha value is -1.15. The maximum atomic E-state index is 11.9. The molecule has 0 aliphatic heterocycles. The predicted molar refractivity (Wildman–Crippen MR) is 79.3 cm³/mol. The van der Waals surface area contributed by atoms with E-state index in [1.165, 1.54) is 36.0 Å². The number of benzene rings is 1. The van der Waals surface area contributed by atoms with Gasteiger partial charge in [0.25, 0.3) is 0 Å². The topological polar surface area (TPSA) is 43.1 Å². The molecule has 19 heavy (non-hydrogen) atoms. The summed E-state index contributed by atoms with van der Waals surface area (Å²) in [6.45, 7) is 0.767. The molecule has 0 atom stereocenters. The highest BCUT2D eigenvalue weighted by molar-refractivity contribution is 5.80. The molecule has 0 radical (unpaired) electrons. The highest BCUT2D eigenvalue weighted by Gasteiger charge is 2.12. The molecule has 1 aromatic rings. The molecule has 1 aliphatic rings. The molecule has 0 unspecified atom stereocenters. The van der Waals surface area contributed by atoms with E-state index in [9.17, 15) is 4.79 Å². The van der Waals surface area contributed by atoms with Crippen LogP contribution in [-0.4, -0.2) is 12.3 Å². The second kappa shape index (κ2) is 7.44. The minimum atomic E-state index is 0.380. The van der Waals surface area contributed by atoms with Crippen LogP contribution in [0.3, 0.4) is 0 Å². The Morgan fingerprint density at radius 3 is 2.68 bits per heavy atom. The van der Waals surface area contributed by atoms with Crippen molar-refractivity contribution in [2.24, 2.45) is 5.73 Å². The first-order chi connectivity index (χ1) is 9.29. The molecular weight excluding hydrogens is 234 g/mol. The number of hydrogen-bond donors (Lipinski definition) is 1. The number of Topliss-reactive ketones (excluding diaryl/α,β-unsaturated/α-hetero) is 1. The molecule has 2 heteroatoms. The van der Waals surface area contributed by atoms with Gasteiger partial charge in [-0.05, 0) is 55.3 Å². The third-order valence-electron chi connectivity index (χ3n) is 3.97. The lowest BCUT2D eigenvalue weighted by molar-refractivity contribution is -0.118. The Balaban J connectivity index is 1.73. The zero-order chi connectivity index (χ0) is 13.5. The predicted octanol–water partition coefficient (Wildman–Crippen LogP) is 3.20. The van der Waals surface area contributed by atoms with Gasteiger partial charge in [0, 0.05) is 12.8 Å². The van der Waals surface area contributed by atoms with Crippen molar-refractivity contribution >= 4 is 5.78 Å². The van der Waals surface area contributed by atoms with E-state index >= 15 is 0 Å². The van der Waals surface area contributed by atoms with Crippen LogP contribution in [0.5, 0.6) is 0 Å². The Kier molecular flexibility index (Phi) is 5.59. The summed E-state index contributed by atoms with van der Waals surface area (Å²) in [4.78, 5) is 11.9. The van der Waals surface area contributed by atoms with E-state index in [0.29, 0.717) is 12.2 Å². The normalized spacial score (nSPS) is 13.5. The van der Waals surface area contributed by atoms with Crippen LogP contribution in [0.4, 0.5) is 0 Å². The summed E-state index contributed by atoms with van der Waals surface area (Å²) in [5.74, 6) is 0.380. The summed E-state index contributed by atoms with van der Waals surface area (Å²) >= 11 is 0. The van der Waals surface area contributed by atoms with E-state index in [4.69, 9.17) is 5.73 Å². The van der Waals surface area contributed by atoms with Crippen molar-refractivity contribution in [1.82, 2.24) is 0 Å². The van der Waals surface area contributed by atoms with Gasteiger partial charge >= 0.3 is 0 Å². The van der Waals surface area contributed by atoms with Crippen LogP contribution in [0.2, 0.25) is 0 Å². The summed E-state index contributed by atoms with van der Waals surface area (Å²) in [6, 6.07) is 6.59. The van der Waals surface area contributed by atoms with Gasteiger partial charge in [-0.15, -0.1) is 0 Å². The van der Waals surface area contributed by atoms with Crippen molar-refractivity contribution in [2.45, 2.75) is 57.8 Å². The van der Waals surface area contributed by atoms with Crippen molar-refractivity contribution < 1.29 is 4.79 Å². The van der Waals surface area contributed by atoms with Crippen molar-refractivity contribution in [3.05, 3.63) is 34.9 Å². The van der Waals surface area contributed by atoms with E-state index in [-0.39, 0.29) is 0 Å². The number of carbonyl (C=O) groups is 1. The zero-order valence-electron chi connectivity index (χ0n) is 11.8. The van der Waals surface area contributed by atoms with Crippen molar-refractivity contribution in [3.63, 3.8) is 0 Å². The van der Waals surface area contributed by atoms with Gasteiger partial charge in [-0.25, -0.2) is 0 Å². The number of unbranched alkanes of at least 4 members (excludes halogenated alkanes) is 3. The van der Waals surface area contributed by atoms with Gasteiger partial charge in [0.05, 0.1) is 0 Å². The monoisotopic (exact) mass is 259 g/mol. The average Bonchev–Trinajstić information content (AvgIpc) is 2.86. The molecule has 2 nitrogen and oxygen atoms in total. The van der Waals surface area contributed by atoms with E-state index in [0.717, 1.165) is 38.6 Å². The quantitative estimate of drug-likeness (QED) is 0.729. The molecule has 0 amide bonds. The highest BCUT2D eigenvalue weighted by atomic mass is 16.1. The number of rotatable bonds is 8. The van der Waals surface area contributed by atoms with Crippen LogP contribution in [0.25, 0.3) is 0 Å². The Morgan fingerprint density at radius 2 is 1.84 bits per heavy atom. The first-order valence-corrected chi connectivity index (χ1v) is 7.62. The summed E-state index contributed by atoms with van der Waals surface area (Å²) in [7, 11) is 0. The van der Waals surface area contributed by atoms with Crippen LogP contribution in [-0.2, 0) is 24.1 Å². The van der Waals surface area contributed by atoms with Gasteiger partial charge in [0.15, 0.2) is 0 Å². The van der Waals surface area contributed by atoms with Gasteiger partial charge in [-0.2, -0.15) is 0 Å². The first kappa shape index (κ1) is 14.3. The van der Waals surface area contributed by atoms with Crippen LogP contribution in [0.1, 0.15) is 55.2 Å². The summed E-state index contributed by atoms with van der Waals surface area (Å²) < 4.78 is 0. The molecule has 1 aliphatic carbocycles. The van der Waals surface area contributed by atoms with Gasteiger partial charge in [0.2, 0.25) is 0 Å². The molecule has 0 bridgehead atoms. The third kappa shape index (κ3) is 4.46. The van der Waals surface area contributed by atoms with Gasteiger partial charge in [-0.3, -0.25) is 4.79 Å². The molecule has 2 rings (SSSR count). The lowest BCUT2D eigenvalue weighted by Crippen LogP contribution is -2.03. The van der Waals surface area contributed by atoms with Crippen LogP contribution in [0.15, 0.2) is 18.2 Å². The maximum Gasteiger partial charge on any atom is 0.137 e. The van der Waals surface area contributed by atoms with Crippen molar-refractivity contribution in [2.75, 3.05) is 6.54 Å². The number of nitrogens with two attached hydrogens (primary N) is 1. The van der Waals surface area contributed by atoms with E-state index in [2.05, 4.69) is 18.2 Å². The largest absolute Gasteiger partial charge is 0.330 e. The molecule has 0 heterocycles. The summed E-state index contributed by atoms with van der Waals surface area (Å²) in [6.07, 6.45) is 9.40. The standard InChI is InChI=1S/C17H25NO/c18-11-4-2-1-3-8-17(19)13-14-9-10-15-6-5-7-16(15)12-14/h9-10,12H,1-8,11,13,18H2. The molecule has 104 valence electrons. The molecule has 0 fully saturated rings. The van der Waals surface area contributed by atoms with E-state index in [1.54, 1.807) is 0 Å². The molecule has 1 aromatic carbocycles. The first-order valence-electron chi connectivity index (χ1n) is 7.62. The fraction of sp³-hybridized carbons (Fsp3) is 0.588. The van der Waals surface area contributed by atoms with Crippen molar-refractivity contribution in [1.29, 1.82) is 0 Å². The number of fused-ring (bicyclic) bond motifs is 1. The Morgan fingerprint density at radius 1 is 1.05 bits per heavy atom. The van der Waals surface area contributed by atoms with Gasteiger partial charge in [-0.1, -0.05) is 31.0 Å². The van der Waals surface area contributed by atoms with Crippen LogP contribution < -0.4 is 5.73 Å². The van der Waals surface area contributed by atoms with E-state index in [1.807, 2.05) is 0 Å². The fourth-order valence-electron chi connectivity index (χ4n) is 2.87. The molecule has 0 aromatic heterocycles. The summed E-state index contributed by atoms with van der Waals surface area (Å²) in [5, 5.41) is 0. The lowest BCUT2D eigenvalue weighted by atomic mass is 10.0. The molecular formula is C17H25NO. The van der Waals surface area contributed by atoms with E-state index < -0.39 is 0 Å². The molecule has 2 N–H and O–H groups in total. The molecule has 0 saturated carbocycles. The smallest absolute Gasteiger partial charge is 0.137 e.